The highest BCUT2D eigenvalue weighted by atomic mass is 32.2. The monoisotopic (exact) mass is 214 g/mol. The Morgan fingerprint density at radius 2 is 2.43 bits per heavy atom. The van der Waals surface area contributed by atoms with Crippen LogP contribution in [0.3, 0.4) is 0 Å². The van der Waals surface area contributed by atoms with Gasteiger partial charge >= 0.3 is 0 Å². The minimum Gasteiger partial charge on any atom is -0.440 e. The van der Waals surface area contributed by atoms with Crippen LogP contribution in [0.15, 0.2) is 15.9 Å². The van der Waals surface area contributed by atoms with Crippen molar-refractivity contribution in [3.8, 4) is 0 Å². The van der Waals surface area contributed by atoms with E-state index in [1.54, 1.807) is 18.0 Å². The van der Waals surface area contributed by atoms with Gasteiger partial charge in [0.05, 0.1) is 5.69 Å². The number of nitrogens with one attached hydrogen (secondary N) is 1. The number of nitrogens with zero attached hydrogens (tertiary/aromatic N) is 1. The van der Waals surface area contributed by atoms with Crippen LogP contribution in [0.25, 0.3) is 0 Å². The van der Waals surface area contributed by atoms with E-state index < -0.39 is 0 Å². The molecule has 0 radical (unpaired) electrons. The first-order chi connectivity index (χ1) is 6.72. The third-order valence-corrected chi connectivity index (χ3v) is 2.87. The SMILES string of the molecule is CCC(C)NCCSc1nc(C)co1. The summed E-state index contributed by atoms with van der Waals surface area (Å²) in [6.45, 7) is 7.31. The Hall–Kier alpha value is -0.480. The van der Waals surface area contributed by atoms with E-state index in [0.29, 0.717) is 6.04 Å². The molecule has 0 bridgehead atoms. The molecule has 0 aliphatic carbocycles. The lowest BCUT2D eigenvalue weighted by Crippen LogP contribution is -2.27. The van der Waals surface area contributed by atoms with Gasteiger partial charge in [-0.1, -0.05) is 18.7 Å². The van der Waals surface area contributed by atoms with Gasteiger partial charge in [-0.2, -0.15) is 0 Å². The summed E-state index contributed by atoms with van der Waals surface area (Å²) in [5.74, 6) is 1.00. The van der Waals surface area contributed by atoms with Crippen LogP contribution < -0.4 is 5.32 Å². The van der Waals surface area contributed by atoms with Crippen LogP contribution in [-0.2, 0) is 0 Å². The zero-order valence-electron chi connectivity index (χ0n) is 9.04. The van der Waals surface area contributed by atoms with Crippen LogP contribution in [0.1, 0.15) is 26.0 Å². The van der Waals surface area contributed by atoms with E-state index in [-0.39, 0.29) is 0 Å². The Morgan fingerprint density at radius 1 is 1.64 bits per heavy atom. The third kappa shape index (κ3) is 4.15. The van der Waals surface area contributed by atoms with Gasteiger partial charge in [0.15, 0.2) is 0 Å². The normalized spacial score (nSPS) is 13.1. The highest BCUT2D eigenvalue weighted by Gasteiger charge is 2.01. The molecule has 1 N–H and O–H groups in total. The summed E-state index contributed by atoms with van der Waals surface area (Å²) in [7, 11) is 0. The van der Waals surface area contributed by atoms with Crippen LogP contribution in [0, 0.1) is 6.92 Å². The summed E-state index contributed by atoms with van der Waals surface area (Å²) in [6.07, 6.45) is 2.85. The molecule has 0 aromatic carbocycles. The van der Waals surface area contributed by atoms with E-state index in [1.807, 2.05) is 6.92 Å². The van der Waals surface area contributed by atoms with E-state index >= 15 is 0 Å². The largest absolute Gasteiger partial charge is 0.440 e. The number of aryl methyl sites for hydroxylation is 1. The smallest absolute Gasteiger partial charge is 0.255 e. The topological polar surface area (TPSA) is 38.1 Å². The van der Waals surface area contributed by atoms with Crippen LogP contribution in [0.4, 0.5) is 0 Å². The maximum absolute atomic E-state index is 5.22. The molecule has 1 aromatic heterocycles. The lowest BCUT2D eigenvalue weighted by molar-refractivity contribution is 0.453. The summed E-state index contributed by atoms with van der Waals surface area (Å²) in [6, 6.07) is 0.599. The van der Waals surface area contributed by atoms with E-state index in [2.05, 4.69) is 24.1 Å². The summed E-state index contributed by atoms with van der Waals surface area (Å²) in [5, 5.41) is 4.19. The highest BCUT2D eigenvalue weighted by molar-refractivity contribution is 7.99. The molecule has 3 nitrogen and oxygen atoms in total. The van der Waals surface area contributed by atoms with Crippen LogP contribution >= 0.6 is 11.8 Å². The molecule has 1 atom stereocenters. The second-order valence-electron chi connectivity index (χ2n) is 3.37. The van der Waals surface area contributed by atoms with Crippen LogP contribution in [-0.4, -0.2) is 23.3 Å². The first-order valence-corrected chi connectivity index (χ1v) is 5.99. The number of rotatable bonds is 6. The molecular formula is C10H18N2OS. The second kappa shape index (κ2) is 6.09. The van der Waals surface area contributed by atoms with Gasteiger partial charge in [-0.05, 0) is 20.3 Å². The molecule has 1 heterocycles. The Labute approximate surface area is 89.7 Å². The molecule has 0 amide bonds. The van der Waals surface area contributed by atoms with Gasteiger partial charge < -0.3 is 9.73 Å². The van der Waals surface area contributed by atoms with Crippen molar-refractivity contribution >= 4 is 11.8 Å². The van der Waals surface area contributed by atoms with Gasteiger partial charge in [-0.25, -0.2) is 4.98 Å². The van der Waals surface area contributed by atoms with Crippen molar-refractivity contribution in [2.45, 2.75) is 38.5 Å². The maximum atomic E-state index is 5.22. The van der Waals surface area contributed by atoms with Crippen molar-refractivity contribution < 1.29 is 4.42 Å². The Morgan fingerprint density at radius 3 is 3.00 bits per heavy atom. The van der Waals surface area contributed by atoms with E-state index in [9.17, 15) is 0 Å². The van der Waals surface area contributed by atoms with Gasteiger partial charge in [0.2, 0.25) is 0 Å². The average molecular weight is 214 g/mol. The molecular weight excluding hydrogens is 196 g/mol. The molecule has 0 aliphatic rings. The molecule has 0 saturated heterocycles. The quantitative estimate of drug-likeness (QED) is 0.583. The fraction of sp³-hybridized carbons (Fsp3) is 0.700. The lowest BCUT2D eigenvalue weighted by Gasteiger charge is -2.09. The Bertz CT molecular complexity index is 262. The first-order valence-electron chi connectivity index (χ1n) is 5.00. The molecule has 1 rings (SSSR count). The van der Waals surface area contributed by atoms with E-state index in [4.69, 9.17) is 4.42 Å². The van der Waals surface area contributed by atoms with Gasteiger partial charge in [0.1, 0.15) is 6.26 Å². The summed E-state index contributed by atoms with van der Waals surface area (Å²) in [5.41, 5.74) is 0.947. The van der Waals surface area contributed by atoms with E-state index in [0.717, 1.165) is 23.2 Å². The first kappa shape index (κ1) is 11.6. The molecule has 80 valence electrons. The standard InChI is InChI=1S/C10H18N2OS/c1-4-8(2)11-5-6-14-10-12-9(3)7-13-10/h7-8,11H,4-6H2,1-3H3. The van der Waals surface area contributed by atoms with Crippen molar-refractivity contribution in [1.82, 2.24) is 10.3 Å². The van der Waals surface area contributed by atoms with Gasteiger partial charge in [-0.3, -0.25) is 0 Å². The van der Waals surface area contributed by atoms with Gasteiger partial charge in [-0.15, -0.1) is 0 Å². The second-order valence-corrected chi connectivity index (χ2v) is 4.41. The highest BCUT2D eigenvalue weighted by Crippen LogP contribution is 2.15. The van der Waals surface area contributed by atoms with Gasteiger partial charge in [0, 0.05) is 18.3 Å². The minimum atomic E-state index is 0.599. The van der Waals surface area contributed by atoms with Crippen molar-refractivity contribution in [2.75, 3.05) is 12.3 Å². The number of oxazole rings is 1. The number of aromatic nitrogens is 1. The molecule has 14 heavy (non-hydrogen) atoms. The molecule has 4 heteroatoms. The van der Waals surface area contributed by atoms with Crippen LogP contribution in [0.5, 0.6) is 0 Å². The fourth-order valence-corrected chi connectivity index (χ4v) is 1.71. The Kier molecular flexibility index (Phi) is 5.04. The molecule has 0 saturated carbocycles. The number of thioether (sulfide) groups is 1. The zero-order valence-corrected chi connectivity index (χ0v) is 9.86. The fourth-order valence-electron chi connectivity index (χ4n) is 0.987. The summed E-state index contributed by atoms with van der Waals surface area (Å²) in [4.78, 5) is 4.22. The maximum Gasteiger partial charge on any atom is 0.255 e. The molecule has 0 fully saturated rings. The Balaban J connectivity index is 2.10. The zero-order chi connectivity index (χ0) is 10.4. The number of hydrogen-bond donors (Lipinski definition) is 1. The number of hydrogen-bond acceptors (Lipinski definition) is 4. The molecule has 1 unspecified atom stereocenters. The van der Waals surface area contributed by atoms with Gasteiger partial charge in [0.25, 0.3) is 5.22 Å². The van der Waals surface area contributed by atoms with Crippen LogP contribution in [0.2, 0.25) is 0 Å². The summed E-state index contributed by atoms with van der Waals surface area (Å²) < 4.78 is 5.22. The third-order valence-electron chi connectivity index (χ3n) is 2.03. The van der Waals surface area contributed by atoms with Crippen molar-refractivity contribution in [3.05, 3.63) is 12.0 Å². The summed E-state index contributed by atoms with van der Waals surface area (Å²) >= 11 is 1.65. The van der Waals surface area contributed by atoms with Crippen molar-refractivity contribution in [2.24, 2.45) is 0 Å². The lowest BCUT2D eigenvalue weighted by atomic mass is 10.3. The van der Waals surface area contributed by atoms with Crippen molar-refractivity contribution in [3.63, 3.8) is 0 Å². The minimum absolute atomic E-state index is 0.599. The predicted molar refractivity (Wildman–Crippen MR) is 59.7 cm³/mol. The molecule has 1 aromatic rings. The average Bonchev–Trinajstić information content (AvgIpc) is 2.58. The predicted octanol–water partition coefficient (Wildman–Crippen LogP) is 2.46. The molecule has 0 aliphatic heterocycles. The van der Waals surface area contributed by atoms with Crippen molar-refractivity contribution in [1.29, 1.82) is 0 Å². The molecule has 0 spiro atoms. The van der Waals surface area contributed by atoms with E-state index in [1.165, 1.54) is 6.42 Å².